The van der Waals surface area contributed by atoms with Crippen molar-refractivity contribution in [3.05, 3.63) is 88.1 Å². The highest BCUT2D eigenvalue weighted by atomic mass is 16.6. The van der Waals surface area contributed by atoms with Gasteiger partial charge in [-0.25, -0.2) is 4.98 Å². The summed E-state index contributed by atoms with van der Waals surface area (Å²) in [6.07, 6.45) is 2.93. The summed E-state index contributed by atoms with van der Waals surface area (Å²) in [5.41, 5.74) is 4.95. The molecule has 152 valence electrons. The maximum Gasteiger partial charge on any atom is 0.313 e. The lowest BCUT2D eigenvalue weighted by molar-refractivity contribution is -0.384. The van der Waals surface area contributed by atoms with Crippen LogP contribution in [0.3, 0.4) is 0 Å². The summed E-state index contributed by atoms with van der Waals surface area (Å²) < 4.78 is 5.48. The predicted octanol–water partition coefficient (Wildman–Crippen LogP) is 3.76. The minimum absolute atomic E-state index is 0.0540. The van der Waals surface area contributed by atoms with E-state index in [1.165, 1.54) is 24.5 Å². The number of hydrogen-bond donors (Lipinski definition) is 2. The Morgan fingerprint density at radius 2 is 1.90 bits per heavy atom. The molecule has 3 aromatic rings. The van der Waals surface area contributed by atoms with E-state index in [-0.39, 0.29) is 24.0 Å². The highest BCUT2D eigenvalue weighted by molar-refractivity contribution is 5.91. The molecule has 0 radical (unpaired) electrons. The highest BCUT2D eigenvalue weighted by Crippen LogP contribution is 2.20. The van der Waals surface area contributed by atoms with Gasteiger partial charge in [-0.15, -0.1) is 0 Å². The molecule has 0 spiro atoms. The van der Waals surface area contributed by atoms with Gasteiger partial charge in [0.15, 0.2) is 6.61 Å². The third-order valence-corrected chi connectivity index (χ3v) is 3.95. The van der Waals surface area contributed by atoms with Gasteiger partial charge in [0.1, 0.15) is 5.75 Å². The summed E-state index contributed by atoms with van der Waals surface area (Å²) in [6, 6.07) is 17.2. The van der Waals surface area contributed by atoms with Crippen LogP contribution in [0, 0.1) is 17.0 Å². The zero-order valence-electron chi connectivity index (χ0n) is 16.1. The summed E-state index contributed by atoms with van der Waals surface area (Å²) in [4.78, 5) is 26.3. The molecule has 0 bridgehead atoms. The first-order valence-electron chi connectivity index (χ1n) is 8.99. The van der Waals surface area contributed by atoms with Crippen LogP contribution >= 0.6 is 0 Å². The van der Waals surface area contributed by atoms with Crippen LogP contribution in [0.25, 0.3) is 0 Å². The molecule has 0 aliphatic heterocycles. The fourth-order valence-electron chi connectivity index (χ4n) is 2.43. The Kier molecular flexibility index (Phi) is 6.67. The second-order valence-electron chi connectivity index (χ2n) is 6.27. The molecular weight excluding hydrogens is 386 g/mol. The molecule has 0 atom stereocenters. The number of ether oxygens (including phenoxy) is 1. The van der Waals surface area contributed by atoms with Crippen molar-refractivity contribution in [2.24, 2.45) is 5.10 Å². The van der Waals surface area contributed by atoms with Crippen LogP contribution in [0.2, 0.25) is 0 Å². The molecule has 9 heteroatoms. The van der Waals surface area contributed by atoms with E-state index in [9.17, 15) is 14.9 Å². The average Bonchev–Trinajstić information content (AvgIpc) is 2.75. The van der Waals surface area contributed by atoms with Crippen molar-refractivity contribution in [3.8, 4) is 5.75 Å². The molecule has 30 heavy (non-hydrogen) atoms. The average molecular weight is 405 g/mol. The van der Waals surface area contributed by atoms with Crippen LogP contribution < -0.4 is 15.5 Å². The van der Waals surface area contributed by atoms with Gasteiger partial charge in [-0.2, -0.15) is 5.10 Å². The van der Waals surface area contributed by atoms with Gasteiger partial charge < -0.3 is 10.1 Å². The number of nitro groups is 1. The number of nitrogens with one attached hydrogen (secondary N) is 2. The fraction of sp³-hybridized carbons (Fsp3) is 0.0952. The Labute approximate surface area is 172 Å². The van der Waals surface area contributed by atoms with Crippen molar-refractivity contribution in [2.45, 2.75) is 6.92 Å². The number of rotatable bonds is 8. The molecule has 9 nitrogen and oxygen atoms in total. The Bertz CT molecular complexity index is 1050. The molecule has 0 saturated carbocycles. The second-order valence-corrected chi connectivity index (χ2v) is 6.27. The van der Waals surface area contributed by atoms with Gasteiger partial charge in [0.05, 0.1) is 11.1 Å². The number of benzene rings is 2. The van der Waals surface area contributed by atoms with Crippen LogP contribution in [0.5, 0.6) is 5.75 Å². The van der Waals surface area contributed by atoms with Gasteiger partial charge in [-0.3, -0.25) is 20.3 Å². The van der Waals surface area contributed by atoms with E-state index < -0.39 is 4.92 Å². The molecule has 3 rings (SSSR count). The zero-order chi connectivity index (χ0) is 21.3. The molecule has 0 unspecified atom stereocenters. The van der Waals surface area contributed by atoms with Crippen molar-refractivity contribution in [3.63, 3.8) is 0 Å². The lowest BCUT2D eigenvalue weighted by Crippen LogP contribution is -2.20. The van der Waals surface area contributed by atoms with Gasteiger partial charge in [-0.05, 0) is 55.0 Å². The lowest BCUT2D eigenvalue weighted by atomic mass is 10.2. The van der Waals surface area contributed by atoms with Crippen molar-refractivity contribution in [2.75, 3.05) is 17.3 Å². The molecule has 0 aliphatic carbocycles. The van der Waals surface area contributed by atoms with E-state index in [0.29, 0.717) is 11.4 Å². The van der Waals surface area contributed by atoms with Crippen molar-refractivity contribution >= 4 is 29.3 Å². The quantitative estimate of drug-likeness (QED) is 0.335. The third-order valence-electron chi connectivity index (χ3n) is 3.95. The smallest absolute Gasteiger partial charge is 0.313 e. The Morgan fingerprint density at radius 3 is 2.60 bits per heavy atom. The minimum Gasteiger partial charge on any atom is -0.484 e. The predicted molar refractivity (Wildman–Crippen MR) is 114 cm³/mol. The van der Waals surface area contributed by atoms with E-state index >= 15 is 0 Å². The van der Waals surface area contributed by atoms with Gasteiger partial charge in [0.25, 0.3) is 5.91 Å². The number of nitrogens with zero attached hydrogens (tertiary/aromatic N) is 3. The van der Waals surface area contributed by atoms with Crippen molar-refractivity contribution in [1.29, 1.82) is 0 Å². The lowest BCUT2D eigenvalue weighted by Gasteiger charge is -2.08. The Balaban J connectivity index is 1.50. The van der Waals surface area contributed by atoms with Crippen molar-refractivity contribution in [1.82, 2.24) is 4.98 Å². The second kappa shape index (κ2) is 9.78. The Hall–Kier alpha value is -4.27. The van der Waals surface area contributed by atoms with Gasteiger partial charge in [0.2, 0.25) is 5.82 Å². The third kappa shape index (κ3) is 5.86. The van der Waals surface area contributed by atoms with Crippen LogP contribution in [0.1, 0.15) is 11.1 Å². The summed E-state index contributed by atoms with van der Waals surface area (Å²) in [5, 5.41) is 17.7. The first kappa shape index (κ1) is 20.5. The summed E-state index contributed by atoms with van der Waals surface area (Å²) in [6.45, 7) is 1.85. The number of carbonyl (C=O) groups is 1. The fourth-order valence-corrected chi connectivity index (χ4v) is 2.43. The van der Waals surface area contributed by atoms with Crippen LogP contribution in [0.4, 0.5) is 17.2 Å². The summed E-state index contributed by atoms with van der Waals surface area (Å²) in [7, 11) is 0. The monoisotopic (exact) mass is 405 g/mol. The minimum atomic E-state index is -0.536. The first-order chi connectivity index (χ1) is 14.5. The molecule has 2 N–H and O–H groups in total. The van der Waals surface area contributed by atoms with Gasteiger partial charge in [-0.1, -0.05) is 17.7 Å². The topological polar surface area (TPSA) is 119 Å². The van der Waals surface area contributed by atoms with E-state index in [0.717, 1.165) is 11.1 Å². The normalized spacial score (nSPS) is 10.6. The summed E-state index contributed by atoms with van der Waals surface area (Å²) in [5.74, 6) is 0.323. The Morgan fingerprint density at radius 1 is 1.17 bits per heavy atom. The number of carbonyl (C=O) groups excluding carboxylic acids is 1. The highest BCUT2D eigenvalue weighted by Gasteiger charge is 2.12. The van der Waals surface area contributed by atoms with E-state index in [1.807, 2.05) is 31.2 Å². The van der Waals surface area contributed by atoms with E-state index in [1.54, 1.807) is 24.3 Å². The first-order valence-corrected chi connectivity index (χ1v) is 8.99. The SMILES string of the molecule is Cc1ccc(NC(=O)COc2ccc(/C=N\Nc3ncccc3[N+](=O)[O-])cc2)cc1. The van der Waals surface area contributed by atoms with Crippen LogP contribution in [0.15, 0.2) is 72.0 Å². The van der Waals surface area contributed by atoms with Crippen molar-refractivity contribution < 1.29 is 14.5 Å². The number of anilines is 2. The van der Waals surface area contributed by atoms with Crippen LogP contribution in [-0.2, 0) is 4.79 Å². The zero-order valence-corrected chi connectivity index (χ0v) is 16.1. The maximum atomic E-state index is 12.0. The summed E-state index contributed by atoms with van der Waals surface area (Å²) >= 11 is 0. The number of hydrazone groups is 1. The van der Waals surface area contributed by atoms with Crippen LogP contribution in [-0.4, -0.2) is 28.6 Å². The van der Waals surface area contributed by atoms with Gasteiger partial charge >= 0.3 is 5.69 Å². The molecule has 1 aromatic heterocycles. The molecule has 2 aromatic carbocycles. The molecule has 0 fully saturated rings. The maximum absolute atomic E-state index is 12.0. The molecule has 0 saturated heterocycles. The number of pyridine rings is 1. The number of hydrogen-bond acceptors (Lipinski definition) is 7. The standard InChI is InChI=1S/C21H19N5O4/c1-15-4-8-17(9-5-15)24-20(27)14-30-18-10-6-16(7-11-18)13-23-25-21-19(26(28)29)3-2-12-22-21/h2-13H,14H2,1H3,(H,22,25)(H,24,27)/b23-13-. The van der Waals surface area contributed by atoms with Gasteiger partial charge in [0, 0.05) is 18.0 Å². The number of amides is 1. The molecule has 0 aliphatic rings. The molecule has 1 amide bonds. The number of aromatic nitrogens is 1. The molecule has 1 heterocycles. The van der Waals surface area contributed by atoms with E-state index in [2.05, 4.69) is 20.8 Å². The molecular formula is C21H19N5O4. The number of aryl methyl sites for hydroxylation is 1. The van der Waals surface area contributed by atoms with E-state index in [4.69, 9.17) is 4.74 Å². The largest absolute Gasteiger partial charge is 0.484 e.